The van der Waals surface area contributed by atoms with Crippen molar-refractivity contribution in [3.63, 3.8) is 0 Å². The fourth-order valence-electron chi connectivity index (χ4n) is 6.64. The van der Waals surface area contributed by atoms with Gasteiger partial charge < -0.3 is 107 Å². The van der Waals surface area contributed by atoms with E-state index in [9.17, 15) is 52.8 Å². The molecule has 0 amide bonds. The summed E-state index contributed by atoms with van der Waals surface area (Å²) in [4.78, 5) is 62.3. The minimum atomic E-state index is -4.02. The zero-order chi connectivity index (χ0) is 75.9. The molecule has 100 heavy (non-hydrogen) atoms. The van der Waals surface area contributed by atoms with Crippen molar-refractivity contribution in [3.05, 3.63) is 29.8 Å². The van der Waals surface area contributed by atoms with E-state index in [4.69, 9.17) is 102 Å². The number of aryl methyl sites for hydroxylation is 1. The summed E-state index contributed by atoms with van der Waals surface area (Å²) in [5.74, 6) is 5.33. The molecule has 1 aromatic carbocycles. The van der Waals surface area contributed by atoms with Crippen LogP contribution < -0.4 is 5.90 Å². The van der Waals surface area contributed by atoms with Crippen molar-refractivity contribution in [1.29, 1.82) is 0 Å². The number of aliphatic hydroxyl groups is 7. The SMILES string of the molecule is CC(C)CCOCC(CO)OCC(O)COCC(COC(CO)CO)OCC(O)CO.CC(C)CCOCC(COC(=O)CCS)OCC(COCC(COC(COC(=O)CCS)COC(=O)CCS)OCC(CO)OC(=O)CCS)ON.Cc1ccc(S(=O)(=O)O)cc1.O=C(O)CCS. The number of esters is 4. The van der Waals surface area contributed by atoms with Gasteiger partial charge in [-0.15, -0.1) is 0 Å². The van der Waals surface area contributed by atoms with Crippen molar-refractivity contribution >= 4 is 103 Å². The van der Waals surface area contributed by atoms with Gasteiger partial charge in [0, 0.05) is 42.0 Å². The number of carboxylic acid groups (broad SMARTS) is 1. The number of carbonyl (C=O) groups excluding carboxylic acids is 4. The van der Waals surface area contributed by atoms with Crippen molar-refractivity contribution in [3.8, 4) is 0 Å². The molecule has 0 saturated heterocycles. The first-order valence-electron chi connectivity index (χ1n) is 32.4. The fraction of sp³-hybridized carbons (Fsp3) is 0.823. The van der Waals surface area contributed by atoms with Gasteiger partial charge >= 0.3 is 29.8 Å². The number of rotatable bonds is 60. The first kappa shape index (κ1) is 102. The van der Waals surface area contributed by atoms with Crippen LogP contribution in [0.4, 0.5) is 0 Å². The molecule has 0 aromatic heterocycles. The first-order chi connectivity index (χ1) is 47.6. The van der Waals surface area contributed by atoms with Crippen LogP contribution in [-0.4, -0.2) is 319 Å². The number of aliphatic carboxylic acids is 1. The zero-order valence-corrected chi connectivity index (χ0v) is 63.3. The highest BCUT2D eigenvalue weighted by atomic mass is 32.2. The summed E-state index contributed by atoms with van der Waals surface area (Å²) in [6, 6.07) is 5.99. The van der Waals surface area contributed by atoms with Gasteiger partial charge in [-0.3, -0.25) is 33.4 Å². The Morgan fingerprint density at radius 2 is 0.760 bits per heavy atom. The predicted molar refractivity (Wildman–Crippen MR) is 381 cm³/mol. The Hall–Kier alpha value is -2.53. The first-order valence-corrected chi connectivity index (χ1v) is 37.0. The highest BCUT2D eigenvalue weighted by Gasteiger charge is 2.25. The Labute approximate surface area is 615 Å². The summed E-state index contributed by atoms with van der Waals surface area (Å²) in [7, 11) is -4.02. The van der Waals surface area contributed by atoms with Crippen LogP contribution in [-0.2, 0) is 105 Å². The second-order valence-electron chi connectivity index (χ2n) is 22.5. The molecule has 0 radical (unpaired) electrons. The number of carboxylic acids is 1. The highest BCUT2D eigenvalue weighted by Crippen LogP contribution is 2.12. The van der Waals surface area contributed by atoms with Crippen molar-refractivity contribution in [2.45, 2.75) is 145 Å². The van der Waals surface area contributed by atoms with E-state index < -0.39 is 114 Å². The number of hydrogen-bond acceptors (Lipinski definition) is 35. The molecule has 0 saturated carbocycles. The van der Waals surface area contributed by atoms with E-state index in [0.29, 0.717) is 36.6 Å². The van der Waals surface area contributed by atoms with E-state index in [0.717, 1.165) is 18.4 Å². The Balaban J connectivity index is -0.00000162. The Kier molecular flexibility index (Phi) is 69.4. The maximum Gasteiger partial charge on any atom is 0.307 e. The highest BCUT2D eigenvalue weighted by molar-refractivity contribution is 7.85. The maximum absolute atomic E-state index is 12.0. The van der Waals surface area contributed by atoms with E-state index in [1.54, 1.807) is 12.1 Å². The van der Waals surface area contributed by atoms with Crippen molar-refractivity contribution < 1.29 is 149 Å². The number of nitrogens with two attached hydrogens (primary N) is 1. The molecule has 8 unspecified atom stereocenters. The van der Waals surface area contributed by atoms with E-state index in [2.05, 4.69) is 90.8 Å². The summed E-state index contributed by atoms with van der Waals surface area (Å²) in [5, 5.41) is 73.4. The van der Waals surface area contributed by atoms with Gasteiger partial charge in [-0.2, -0.15) is 71.6 Å². The molecule has 0 fully saturated rings. The minimum Gasteiger partial charge on any atom is -0.481 e. The summed E-state index contributed by atoms with van der Waals surface area (Å²) < 4.78 is 107. The van der Waals surface area contributed by atoms with Crippen molar-refractivity contribution in [2.24, 2.45) is 17.7 Å². The van der Waals surface area contributed by atoms with Crippen LogP contribution in [0.2, 0.25) is 0 Å². The Morgan fingerprint density at radius 3 is 1.15 bits per heavy atom. The van der Waals surface area contributed by atoms with E-state index in [1.165, 1.54) is 12.1 Å². The fourth-order valence-corrected chi connectivity index (χ4v) is 8.04. The average molecular weight is 1560 g/mol. The second-order valence-corrected chi connectivity index (χ2v) is 26.2. The number of thiol groups is 5. The third-order valence-electron chi connectivity index (χ3n) is 12.3. The molecule has 38 heteroatoms. The smallest absolute Gasteiger partial charge is 0.307 e. The van der Waals surface area contributed by atoms with E-state index in [-0.39, 0.29) is 173 Å². The van der Waals surface area contributed by atoms with Crippen molar-refractivity contribution in [1.82, 2.24) is 0 Å². The molecule has 0 aliphatic carbocycles. The molecule has 11 N–H and O–H groups in total. The zero-order valence-electron chi connectivity index (χ0n) is 58.0. The summed E-state index contributed by atoms with van der Waals surface area (Å²) in [6.07, 6.45) is -5.75. The van der Waals surface area contributed by atoms with Gasteiger partial charge in [-0.05, 0) is 43.7 Å². The topological polar surface area (TPSA) is 466 Å². The van der Waals surface area contributed by atoms with Crippen LogP contribution >= 0.6 is 63.1 Å². The number of aliphatic hydroxyl groups excluding tert-OH is 7. The minimum absolute atomic E-state index is 0.000523. The molecular formula is C62H115NO31S6. The third-order valence-corrected chi connectivity index (χ3v) is 14.3. The standard InChI is InChI=1S/C32H59NO15S4.C20H42O11.C7H8O3S.C3H6O2S/c1-23(2)3-8-39-14-25(19-44-29(35)4-9-49)43-22-28(48-33)16-40-15-26(41-17-24(13-34)47-32(38)7-12-52)18-42-27(20-45-30(36)5-10-50)21-46-31(37)6-11-51;1-15(2)3-4-27-12-19(8-24)29-11-17(26)9-28-13-20(30-10-16(25)5-21)14-31-18(6-22)7-23;1-6-2-4-7(5-3-6)11(8,9)10;4-3(5)1-2-6/h23-28,34,49-52H,3-22,33H2,1-2H3;15-26H,3-14H2,1-2H3;2-5H,1H3,(H,8,9,10);6H,1-2H2,(H,4,5). The lowest BCUT2D eigenvalue weighted by atomic mass is 10.1. The van der Waals surface area contributed by atoms with Gasteiger partial charge in [-0.25, -0.2) is 5.90 Å². The van der Waals surface area contributed by atoms with Crippen LogP contribution in [0.3, 0.4) is 0 Å². The van der Waals surface area contributed by atoms with E-state index in [1.807, 2.05) is 6.92 Å². The van der Waals surface area contributed by atoms with Crippen LogP contribution in [0, 0.1) is 18.8 Å². The van der Waals surface area contributed by atoms with Gasteiger partial charge in [0.15, 0.2) is 0 Å². The van der Waals surface area contributed by atoms with Crippen LogP contribution in [0.5, 0.6) is 0 Å². The number of benzene rings is 1. The number of ether oxygens (including phenoxy) is 14. The lowest BCUT2D eigenvalue weighted by Gasteiger charge is -2.25. The molecule has 32 nitrogen and oxygen atoms in total. The van der Waals surface area contributed by atoms with Gasteiger partial charge in [0.05, 0.1) is 149 Å². The van der Waals surface area contributed by atoms with E-state index >= 15 is 0 Å². The third kappa shape index (κ3) is 63.9. The van der Waals surface area contributed by atoms with Crippen molar-refractivity contribution in [2.75, 3.05) is 174 Å². The summed E-state index contributed by atoms with van der Waals surface area (Å²) >= 11 is 19.8. The molecular weight excluding hydrogens is 1450 g/mol. The Bertz CT molecular complexity index is 2220. The maximum atomic E-state index is 12.0. The van der Waals surface area contributed by atoms with Crippen LogP contribution in [0.1, 0.15) is 78.2 Å². The lowest BCUT2D eigenvalue weighted by molar-refractivity contribution is -0.167. The summed E-state index contributed by atoms with van der Waals surface area (Å²) in [5.41, 5.74) is 0.956. The summed E-state index contributed by atoms with van der Waals surface area (Å²) in [6.45, 7) is 8.36. The molecule has 1 aromatic rings. The lowest BCUT2D eigenvalue weighted by Crippen LogP contribution is -2.38. The van der Waals surface area contributed by atoms with Gasteiger partial charge in [-0.1, -0.05) is 45.4 Å². The molecule has 1 rings (SSSR count). The Morgan fingerprint density at radius 1 is 0.420 bits per heavy atom. The molecule has 8 atom stereocenters. The van der Waals surface area contributed by atoms with Gasteiger partial charge in [0.25, 0.3) is 10.1 Å². The molecule has 0 aliphatic rings. The van der Waals surface area contributed by atoms with Gasteiger partial charge in [0.1, 0.15) is 80.9 Å². The normalized spacial score (nSPS) is 13.9. The molecule has 590 valence electrons. The largest absolute Gasteiger partial charge is 0.481 e. The quantitative estimate of drug-likeness (QED) is 0.0107. The molecule has 0 spiro atoms. The predicted octanol–water partition coefficient (Wildman–Crippen LogP) is 0.838. The number of hydrogen-bond donors (Lipinski definition) is 15. The molecule has 0 heterocycles. The van der Waals surface area contributed by atoms with Gasteiger partial charge in [0.2, 0.25) is 0 Å². The average Bonchev–Trinajstić information content (AvgIpc) is 0.911. The van der Waals surface area contributed by atoms with Crippen LogP contribution in [0.15, 0.2) is 29.2 Å². The number of carbonyl (C=O) groups is 5. The molecule has 0 bridgehead atoms. The monoisotopic (exact) mass is 1560 g/mol. The molecule has 0 aliphatic heterocycles. The van der Waals surface area contributed by atoms with Crippen LogP contribution in [0.25, 0.3) is 0 Å². The second kappa shape index (κ2) is 68.3.